The predicted octanol–water partition coefficient (Wildman–Crippen LogP) is -0.197. The van der Waals surface area contributed by atoms with Crippen molar-refractivity contribution in [1.29, 1.82) is 0 Å². The molecule has 5 N–H and O–H groups in total. The molecule has 4 atom stereocenters. The highest BCUT2D eigenvalue weighted by Gasteiger charge is 2.36. The summed E-state index contributed by atoms with van der Waals surface area (Å²) >= 11 is 0. The molecule has 2 aliphatic heterocycles. The average Bonchev–Trinajstić information content (AvgIpc) is 2.89. The number of methoxy groups -OCH3 is 1. The lowest BCUT2D eigenvalue weighted by molar-refractivity contribution is -0.149. The SMILES string of the molecule is COCCNC(=O)CC[C@H]1NC(=O)C[C@H]2/C=C/CCSSC[C@@H](NC1=O)C(=O)N[C@H](C(C)(C)C)C(=O)NCC(=O)O2. The average molecular weight is 616 g/mol. The molecule has 2 bridgehead atoms. The van der Waals surface area contributed by atoms with Crippen LogP contribution in [0.3, 0.4) is 0 Å². The second-order valence-corrected chi connectivity index (χ2v) is 13.3. The first-order valence-corrected chi connectivity index (χ1v) is 15.9. The first-order chi connectivity index (χ1) is 19.4. The zero-order chi connectivity index (χ0) is 30.4. The molecular formula is C26H41N5O8S2. The molecule has 1 fully saturated rings. The highest BCUT2D eigenvalue weighted by atomic mass is 33.1. The van der Waals surface area contributed by atoms with Crippen molar-refractivity contribution in [2.45, 2.75) is 70.7 Å². The molecule has 15 heteroatoms. The summed E-state index contributed by atoms with van der Waals surface area (Å²) in [6.07, 6.45) is 2.67. The van der Waals surface area contributed by atoms with E-state index in [0.717, 1.165) is 0 Å². The van der Waals surface area contributed by atoms with Crippen LogP contribution in [0.15, 0.2) is 12.2 Å². The molecule has 2 heterocycles. The molecule has 1 saturated heterocycles. The van der Waals surface area contributed by atoms with E-state index < -0.39 is 65.8 Å². The van der Waals surface area contributed by atoms with Gasteiger partial charge in [0.25, 0.3) is 0 Å². The number of rotatable bonds is 6. The van der Waals surface area contributed by atoms with Crippen LogP contribution in [-0.2, 0) is 38.2 Å². The van der Waals surface area contributed by atoms with Crippen LogP contribution in [0.2, 0.25) is 0 Å². The molecular weight excluding hydrogens is 574 g/mol. The van der Waals surface area contributed by atoms with Gasteiger partial charge in [0.2, 0.25) is 29.5 Å². The van der Waals surface area contributed by atoms with Gasteiger partial charge >= 0.3 is 5.97 Å². The smallest absolute Gasteiger partial charge is 0.326 e. The molecule has 2 rings (SSSR count). The van der Waals surface area contributed by atoms with E-state index in [1.807, 2.05) is 0 Å². The number of nitrogens with one attached hydrogen (secondary N) is 5. The van der Waals surface area contributed by atoms with Crippen LogP contribution in [0.5, 0.6) is 0 Å². The minimum Gasteiger partial charge on any atom is -0.456 e. The maximum atomic E-state index is 13.4. The number of carbonyl (C=O) groups is 6. The van der Waals surface area contributed by atoms with E-state index in [1.165, 1.54) is 28.7 Å². The third kappa shape index (κ3) is 12.7. The number of carbonyl (C=O) groups excluding carboxylic acids is 6. The number of hydrogen-bond acceptors (Lipinski definition) is 10. The maximum absolute atomic E-state index is 13.4. The topological polar surface area (TPSA) is 181 Å². The fraction of sp³-hybridized carbons (Fsp3) is 0.692. The molecule has 13 nitrogen and oxygen atoms in total. The van der Waals surface area contributed by atoms with Gasteiger partial charge in [-0.1, -0.05) is 48.4 Å². The normalized spacial score (nSPS) is 26.4. The van der Waals surface area contributed by atoms with E-state index in [2.05, 4.69) is 26.6 Å². The number of amides is 5. The van der Waals surface area contributed by atoms with E-state index in [-0.39, 0.29) is 37.5 Å². The second kappa shape index (κ2) is 17.2. The molecule has 0 spiro atoms. The van der Waals surface area contributed by atoms with Crippen LogP contribution in [-0.4, -0.2) is 98.0 Å². The summed E-state index contributed by atoms with van der Waals surface area (Å²) in [6.45, 7) is 5.44. The summed E-state index contributed by atoms with van der Waals surface area (Å²) < 4.78 is 10.4. The minimum absolute atomic E-state index is 0.0417. The van der Waals surface area contributed by atoms with Gasteiger partial charge in [-0.2, -0.15) is 0 Å². The Balaban J connectivity index is 2.42. The maximum Gasteiger partial charge on any atom is 0.326 e. The molecule has 2 aliphatic rings. The summed E-state index contributed by atoms with van der Waals surface area (Å²) in [4.78, 5) is 77.8. The number of ether oxygens (including phenoxy) is 2. The van der Waals surface area contributed by atoms with Crippen molar-refractivity contribution in [3.63, 3.8) is 0 Å². The molecule has 0 aromatic carbocycles. The lowest BCUT2D eigenvalue weighted by Gasteiger charge is -2.32. The van der Waals surface area contributed by atoms with Crippen LogP contribution < -0.4 is 26.6 Å². The molecule has 0 aliphatic carbocycles. The summed E-state index contributed by atoms with van der Waals surface area (Å²) in [5.41, 5.74) is -0.730. The van der Waals surface area contributed by atoms with Crippen molar-refractivity contribution in [3.8, 4) is 0 Å². The van der Waals surface area contributed by atoms with E-state index in [9.17, 15) is 28.8 Å². The summed E-state index contributed by atoms with van der Waals surface area (Å²) in [6, 6.07) is -3.21. The zero-order valence-electron chi connectivity index (χ0n) is 23.9. The van der Waals surface area contributed by atoms with Crippen molar-refractivity contribution in [2.75, 3.05) is 38.3 Å². The molecule has 230 valence electrons. The van der Waals surface area contributed by atoms with Gasteiger partial charge in [-0.25, -0.2) is 0 Å². The number of hydrogen-bond donors (Lipinski definition) is 5. The molecule has 0 aromatic rings. The third-order valence-electron chi connectivity index (χ3n) is 6.10. The Bertz CT molecular complexity index is 987. The van der Waals surface area contributed by atoms with Crippen LogP contribution in [0.4, 0.5) is 0 Å². The molecule has 0 radical (unpaired) electrons. The van der Waals surface area contributed by atoms with Gasteiger partial charge in [0.1, 0.15) is 30.8 Å². The predicted molar refractivity (Wildman–Crippen MR) is 156 cm³/mol. The fourth-order valence-electron chi connectivity index (χ4n) is 3.89. The number of allylic oxidation sites excluding steroid dienone is 1. The van der Waals surface area contributed by atoms with Gasteiger partial charge in [0.05, 0.1) is 13.0 Å². The van der Waals surface area contributed by atoms with E-state index in [0.29, 0.717) is 18.8 Å². The minimum atomic E-state index is -1.15. The lowest BCUT2D eigenvalue weighted by atomic mass is 9.86. The second-order valence-electron chi connectivity index (χ2n) is 10.6. The molecule has 0 saturated carbocycles. The standard InChI is InChI=1S/C26H41N5O8S2/c1-26(2,3)22-25(37)28-14-21(34)39-16-7-5-6-12-40-41-15-18(24(36)31-22)30-23(35)17(29-20(33)13-16)8-9-19(32)27-10-11-38-4/h5,7,16-18,22H,6,8-15H2,1-4H3,(H,27,32)(H,28,37)(H,29,33)(H,30,35)(H,31,36)/b7-5+/t16-,17-,18-,22+/m1/s1. The Labute approximate surface area is 248 Å². The first kappa shape index (κ1) is 34.4. The summed E-state index contributed by atoms with van der Waals surface area (Å²) in [5, 5.41) is 13.2. The largest absolute Gasteiger partial charge is 0.456 e. The first-order valence-electron chi connectivity index (χ1n) is 13.4. The molecule has 41 heavy (non-hydrogen) atoms. The third-order valence-corrected chi connectivity index (χ3v) is 8.55. The van der Waals surface area contributed by atoms with Gasteiger partial charge in [-0.3, -0.25) is 28.8 Å². The molecule has 0 aromatic heterocycles. The van der Waals surface area contributed by atoms with Crippen LogP contribution in [0, 0.1) is 5.41 Å². The highest BCUT2D eigenvalue weighted by Crippen LogP contribution is 2.24. The Hall–Kier alpha value is -2.78. The molecule has 0 unspecified atom stereocenters. The number of esters is 1. The Morgan fingerprint density at radius 1 is 1.07 bits per heavy atom. The Morgan fingerprint density at radius 3 is 2.54 bits per heavy atom. The van der Waals surface area contributed by atoms with Crippen molar-refractivity contribution in [2.24, 2.45) is 5.41 Å². The Kier molecular flexibility index (Phi) is 14.5. The van der Waals surface area contributed by atoms with Gasteiger partial charge in [-0.05, 0) is 24.3 Å². The van der Waals surface area contributed by atoms with Crippen LogP contribution in [0.25, 0.3) is 0 Å². The van der Waals surface area contributed by atoms with Gasteiger partial charge < -0.3 is 36.1 Å². The zero-order valence-corrected chi connectivity index (χ0v) is 25.5. The lowest BCUT2D eigenvalue weighted by Crippen LogP contribution is -2.60. The van der Waals surface area contributed by atoms with Crippen molar-refractivity contribution in [1.82, 2.24) is 26.6 Å². The number of fused-ring (bicyclic) bond motifs is 7. The van der Waals surface area contributed by atoms with Gasteiger partial charge in [0, 0.05) is 31.6 Å². The quantitative estimate of drug-likeness (QED) is 0.116. The Morgan fingerprint density at radius 2 is 1.83 bits per heavy atom. The van der Waals surface area contributed by atoms with E-state index in [1.54, 1.807) is 32.9 Å². The van der Waals surface area contributed by atoms with Crippen molar-refractivity contribution < 1.29 is 38.2 Å². The summed E-state index contributed by atoms with van der Waals surface area (Å²) in [7, 11) is 4.38. The fourth-order valence-corrected chi connectivity index (χ4v) is 6.05. The van der Waals surface area contributed by atoms with Gasteiger partial charge in [0.15, 0.2) is 0 Å². The molecule has 5 amide bonds. The van der Waals surface area contributed by atoms with Crippen molar-refractivity contribution in [3.05, 3.63) is 12.2 Å². The van der Waals surface area contributed by atoms with E-state index in [4.69, 9.17) is 9.47 Å². The monoisotopic (exact) mass is 615 g/mol. The highest BCUT2D eigenvalue weighted by molar-refractivity contribution is 8.76. The van der Waals surface area contributed by atoms with Crippen LogP contribution in [0.1, 0.15) is 46.5 Å². The van der Waals surface area contributed by atoms with Crippen LogP contribution >= 0.6 is 21.6 Å². The summed E-state index contributed by atoms with van der Waals surface area (Å²) in [5.74, 6) is -2.67. The van der Waals surface area contributed by atoms with Gasteiger partial charge in [-0.15, -0.1) is 0 Å². The van der Waals surface area contributed by atoms with Crippen molar-refractivity contribution >= 4 is 57.1 Å². The van der Waals surface area contributed by atoms with E-state index >= 15 is 0 Å².